The second-order valence-electron chi connectivity index (χ2n) is 3.04. The van der Waals surface area contributed by atoms with Crippen molar-refractivity contribution in [2.24, 2.45) is 0 Å². The van der Waals surface area contributed by atoms with Crippen LogP contribution in [0.3, 0.4) is 0 Å². The monoisotopic (exact) mass is 233 g/mol. The summed E-state index contributed by atoms with van der Waals surface area (Å²) in [6.45, 7) is 1.47. The summed E-state index contributed by atoms with van der Waals surface area (Å²) in [5.41, 5.74) is 0. The van der Waals surface area contributed by atoms with Crippen molar-refractivity contribution < 1.29 is 18.3 Å². The van der Waals surface area contributed by atoms with E-state index in [1.807, 2.05) is 0 Å². The van der Waals surface area contributed by atoms with Crippen molar-refractivity contribution in [1.29, 1.82) is 0 Å². The Labute approximate surface area is 86.6 Å². The highest BCUT2D eigenvalue weighted by Gasteiger charge is 2.19. The summed E-state index contributed by atoms with van der Waals surface area (Å²) < 4.78 is 25.2. The maximum atomic E-state index is 11.5. The molecular formula is C7H11N3O4S. The fraction of sp³-hybridized carbons (Fsp3) is 0.429. The molecule has 0 saturated carbocycles. The van der Waals surface area contributed by atoms with E-state index in [1.54, 1.807) is 0 Å². The fourth-order valence-electron chi connectivity index (χ4n) is 1.02. The zero-order valence-electron chi connectivity index (χ0n) is 7.97. The van der Waals surface area contributed by atoms with E-state index in [1.165, 1.54) is 13.3 Å². The van der Waals surface area contributed by atoms with Crippen LogP contribution in [-0.4, -0.2) is 35.5 Å². The summed E-state index contributed by atoms with van der Waals surface area (Å²) in [6.07, 6.45) is 2.11. The van der Waals surface area contributed by atoms with Crippen LogP contribution in [-0.2, 0) is 14.8 Å². The third-order valence-corrected chi connectivity index (χ3v) is 3.11. The third-order valence-electron chi connectivity index (χ3n) is 1.60. The highest BCUT2D eigenvalue weighted by Crippen LogP contribution is 2.04. The van der Waals surface area contributed by atoms with E-state index in [0.717, 1.165) is 6.20 Å². The van der Waals surface area contributed by atoms with E-state index < -0.39 is 22.0 Å². The van der Waals surface area contributed by atoms with Crippen LogP contribution in [0.15, 0.2) is 17.6 Å². The number of H-pyrrole nitrogens is 1. The third kappa shape index (κ3) is 3.33. The second-order valence-corrected chi connectivity index (χ2v) is 4.72. The van der Waals surface area contributed by atoms with E-state index in [2.05, 4.69) is 14.7 Å². The van der Waals surface area contributed by atoms with Crippen LogP contribution in [0.5, 0.6) is 0 Å². The van der Waals surface area contributed by atoms with Gasteiger partial charge in [0, 0.05) is 6.04 Å². The first-order chi connectivity index (χ1) is 6.92. The number of aromatic nitrogens is 2. The number of aromatic amines is 1. The molecule has 1 atom stereocenters. The van der Waals surface area contributed by atoms with Gasteiger partial charge >= 0.3 is 5.97 Å². The minimum Gasteiger partial charge on any atom is -0.481 e. The van der Waals surface area contributed by atoms with E-state index in [-0.39, 0.29) is 11.4 Å². The number of nitrogens with one attached hydrogen (secondary N) is 2. The van der Waals surface area contributed by atoms with Gasteiger partial charge in [-0.05, 0) is 6.92 Å². The fourth-order valence-corrected chi connectivity index (χ4v) is 2.17. The van der Waals surface area contributed by atoms with Gasteiger partial charge in [0.2, 0.25) is 0 Å². The van der Waals surface area contributed by atoms with Crippen LogP contribution < -0.4 is 4.72 Å². The van der Waals surface area contributed by atoms with Crippen molar-refractivity contribution in [3.8, 4) is 0 Å². The first-order valence-electron chi connectivity index (χ1n) is 4.14. The van der Waals surface area contributed by atoms with Crippen LogP contribution in [0.25, 0.3) is 0 Å². The van der Waals surface area contributed by atoms with Crippen LogP contribution in [0.2, 0.25) is 0 Å². The Morgan fingerprint density at radius 2 is 2.40 bits per heavy atom. The van der Waals surface area contributed by atoms with E-state index in [9.17, 15) is 13.2 Å². The smallest absolute Gasteiger partial charge is 0.304 e. The number of imidazole rings is 1. The maximum Gasteiger partial charge on any atom is 0.304 e. The predicted molar refractivity (Wildman–Crippen MR) is 50.6 cm³/mol. The Morgan fingerprint density at radius 3 is 2.87 bits per heavy atom. The largest absolute Gasteiger partial charge is 0.481 e. The zero-order chi connectivity index (χ0) is 11.5. The van der Waals surface area contributed by atoms with Gasteiger partial charge in [0.05, 0.1) is 18.9 Å². The molecule has 0 bridgehead atoms. The van der Waals surface area contributed by atoms with Gasteiger partial charge in [-0.1, -0.05) is 0 Å². The molecule has 84 valence electrons. The van der Waals surface area contributed by atoms with E-state index in [0.29, 0.717) is 0 Å². The van der Waals surface area contributed by atoms with Gasteiger partial charge in [0.25, 0.3) is 10.0 Å². The van der Waals surface area contributed by atoms with Gasteiger partial charge in [0.15, 0.2) is 5.03 Å². The second kappa shape index (κ2) is 4.41. The first kappa shape index (κ1) is 11.7. The number of aliphatic carboxylic acids is 1. The van der Waals surface area contributed by atoms with Crippen molar-refractivity contribution >= 4 is 16.0 Å². The zero-order valence-corrected chi connectivity index (χ0v) is 8.78. The molecule has 1 aromatic heterocycles. The molecule has 0 fully saturated rings. The Hall–Kier alpha value is -1.41. The summed E-state index contributed by atoms with van der Waals surface area (Å²) in [7, 11) is -3.69. The van der Waals surface area contributed by atoms with Crippen LogP contribution >= 0.6 is 0 Å². The molecule has 1 heterocycles. The topological polar surface area (TPSA) is 112 Å². The minimum absolute atomic E-state index is 0.0836. The number of carboxylic acids is 1. The highest BCUT2D eigenvalue weighted by molar-refractivity contribution is 7.89. The van der Waals surface area contributed by atoms with Gasteiger partial charge in [-0.25, -0.2) is 18.1 Å². The molecule has 3 N–H and O–H groups in total. The molecule has 0 amide bonds. The standard InChI is InChI=1S/C7H11N3O4S/c1-5(2-7(11)12)10-15(13,14)6-3-8-4-9-6/h3-5,10H,2H2,1H3,(H,8,9)(H,11,12). The van der Waals surface area contributed by atoms with Gasteiger partial charge in [0.1, 0.15) is 0 Å². The average Bonchev–Trinajstić information content (AvgIpc) is 2.51. The molecule has 0 saturated heterocycles. The first-order valence-corrected chi connectivity index (χ1v) is 5.62. The minimum atomic E-state index is -3.69. The molecule has 0 radical (unpaired) electrons. The Morgan fingerprint density at radius 1 is 1.73 bits per heavy atom. The van der Waals surface area contributed by atoms with Gasteiger partial charge in [-0.15, -0.1) is 0 Å². The number of hydrogen-bond donors (Lipinski definition) is 3. The van der Waals surface area contributed by atoms with Crippen molar-refractivity contribution in [1.82, 2.24) is 14.7 Å². The van der Waals surface area contributed by atoms with Crippen molar-refractivity contribution in [2.45, 2.75) is 24.4 Å². The molecule has 0 aliphatic rings. The summed E-state index contributed by atoms with van der Waals surface area (Å²) >= 11 is 0. The molecule has 8 heteroatoms. The average molecular weight is 233 g/mol. The summed E-state index contributed by atoms with van der Waals surface area (Å²) in [6, 6.07) is -0.671. The molecule has 0 spiro atoms. The number of sulfonamides is 1. The van der Waals surface area contributed by atoms with Gasteiger partial charge in [-0.2, -0.15) is 0 Å². The molecular weight excluding hydrogens is 222 g/mol. The quantitative estimate of drug-likeness (QED) is 0.637. The van der Waals surface area contributed by atoms with Crippen LogP contribution in [0.4, 0.5) is 0 Å². The lowest BCUT2D eigenvalue weighted by Gasteiger charge is -2.10. The summed E-state index contributed by atoms with van der Waals surface area (Å²) in [4.78, 5) is 16.3. The molecule has 1 aromatic rings. The number of carboxylic acid groups (broad SMARTS) is 1. The number of hydrogen-bond acceptors (Lipinski definition) is 4. The lowest BCUT2D eigenvalue weighted by Crippen LogP contribution is -2.34. The highest BCUT2D eigenvalue weighted by atomic mass is 32.2. The van der Waals surface area contributed by atoms with Crippen molar-refractivity contribution in [3.63, 3.8) is 0 Å². The molecule has 0 aliphatic heterocycles. The normalized spacial score (nSPS) is 13.7. The Bertz CT molecular complexity index is 425. The SMILES string of the molecule is CC(CC(=O)O)NS(=O)(=O)c1cnc[nH]1. The van der Waals surface area contributed by atoms with Gasteiger partial charge in [-0.3, -0.25) is 4.79 Å². The summed E-state index contributed by atoms with van der Waals surface area (Å²) in [5.74, 6) is -1.06. The predicted octanol–water partition coefficient (Wildman–Crippen LogP) is -0.449. The Kier molecular flexibility index (Phi) is 3.43. The Balaban J connectivity index is 2.69. The molecule has 0 aromatic carbocycles. The number of nitrogens with zero attached hydrogens (tertiary/aromatic N) is 1. The lowest BCUT2D eigenvalue weighted by atomic mass is 10.3. The van der Waals surface area contributed by atoms with Crippen molar-refractivity contribution in [2.75, 3.05) is 0 Å². The summed E-state index contributed by atoms with van der Waals surface area (Å²) in [5, 5.41) is 8.37. The molecule has 15 heavy (non-hydrogen) atoms. The molecule has 1 unspecified atom stereocenters. The molecule has 7 nitrogen and oxygen atoms in total. The molecule has 1 rings (SSSR count). The van der Waals surface area contributed by atoms with Crippen LogP contribution in [0.1, 0.15) is 13.3 Å². The lowest BCUT2D eigenvalue weighted by molar-refractivity contribution is -0.137. The number of carbonyl (C=O) groups is 1. The maximum absolute atomic E-state index is 11.5. The van der Waals surface area contributed by atoms with Crippen molar-refractivity contribution in [3.05, 3.63) is 12.5 Å². The van der Waals surface area contributed by atoms with Gasteiger partial charge < -0.3 is 10.1 Å². The molecule has 0 aliphatic carbocycles. The van der Waals surface area contributed by atoms with Crippen LogP contribution in [0, 0.1) is 0 Å². The number of rotatable bonds is 5. The van der Waals surface area contributed by atoms with E-state index >= 15 is 0 Å². The van der Waals surface area contributed by atoms with E-state index in [4.69, 9.17) is 5.11 Å².